The van der Waals surface area contributed by atoms with Crippen LogP contribution in [0, 0.1) is 0 Å². The quantitative estimate of drug-likeness (QED) is 0.900. The number of carbonyl (C=O) groups is 1. The molecule has 7 heteroatoms. The summed E-state index contributed by atoms with van der Waals surface area (Å²) in [6.45, 7) is 0.189. The third-order valence-electron chi connectivity index (χ3n) is 2.77. The van der Waals surface area contributed by atoms with Crippen molar-refractivity contribution >= 4 is 27.5 Å². The maximum atomic E-state index is 11.9. The molecule has 0 atom stereocenters. The Morgan fingerprint density at radius 3 is 2.52 bits per heavy atom. The van der Waals surface area contributed by atoms with Gasteiger partial charge in [0.15, 0.2) is 0 Å². The van der Waals surface area contributed by atoms with Crippen LogP contribution in [0.4, 0.5) is 0 Å². The summed E-state index contributed by atoms with van der Waals surface area (Å²) in [7, 11) is -3.75. The van der Waals surface area contributed by atoms with E-state index in [4.69, 9.17) is 16.7 Å². The molecule has 3 N–H and O–H groups in total. The van der Waals surface area contributed by atoms with Gasteiger partial charge in [-0.05, 0) is 35.9 Å². The summed E-state index contributed by atoms with van der Waals surface area (Å²) < 4.78 is 22.5. The van der Waals surface area contributed by atoms with Crippen LogP contribution in [-0.2, 0) is 16.6 Å². The number of benzene rings is 2. The Morgan fingerprint density at radius 2 is 1.86 bits per heavy atom. The first-order valence-corrected chi connectivity index (χ1v) is 7.94. The number of amides is 1. The van der Waals surface area contributed by atoms with Crippen molar-refractivity contribution in [1.29, 1.82) is 0 Å². The summed E-state index contributed by atoms with van der Waals surface area (Å²) in [5, 5.41) is 8.22. The Hall–Kier alpha value is -1.89. The highest BCUT2D eigenvalue weighted by Crippen LogP contribution is 2.12. The second-order valence-electron chi connectivity index (χ2n) is 4.39. The van der Waals surface area contributed by atoms with E-state index in [2.05, 4.69) is 5.32 Å². The summed E-state index contributed by atoms with van der Waals surface area (Å²) in [4.78, 5) is 12.0. The molecular weight excluding hydrogens is 312 g/mol. The van der Waals surface area contributed by atoms with Crippen molar-refractivity contribution in [3.05, 3.63) is 64.7 Å². The normalized spacial score (nSPS) is 11.1. The van der Waals surface area contributed by atoms with Gasteiger partial charge in [0, 0.05) is 17.1 Å². The van der Waals surface area contributed by atoms with Crippen molar-refractivity contribution in [3.8, 4) is 0 Å². The predicted octanol–water partition coefficient (Wildman–Crippen LogP) is 1.92. The van der Waals surface area contributed by atoms with E-state index in [1.165, 1.54) is 12.1 Å². The monoisotopic (exact) mass is 324 g/mol. The van der Waals surface area contributed by atoms with Gasteiger partial charge in [-0.25, -0.2) is 13.6 Å². The lowest BCUT2D eigenvalue weighted by Gasteiger charge is -2.07. The lowest BCUT2D eigenvalue weighted by Crippen LogP contribution is -2.23. The first kappa shape index (κ1) is 15.5. The van der Waals surface area contributed by atoms with Crippen LogP contribution in [0.25, 0.3) is 0 Å². The van der Waals surface area contributed by atoms with Crippen LogP contribution in [0.2, 0.25) is 5.02 Å². The molecule has 1 amide bonds. The topological polar surface area (TPSA) is 89.3 Å². The number of nitrogens with one attached hydrogen (secondary N) is 1. The predicted molar refractivity (Wildman–Crippen MR) is 80.4 cm³/mol. The average molecular weight is 325 g/mol. The van der Waals surface area contributed by atoms with Crippen LogP contribution in [0.5, 0.6) is 0 Å². The molecule has 2 aromatic carbocycles. The molecule has 2 aromatic rings. The first-order chi connectivity index (χ1) is 9.86. The van der Waals surface area contributed by atoms with Crippen LogP contribution >= 0.6 is 11.6 Å². The fourth-order valence-electron chi connectivity index (χ4n) is 1.75. The number of nitrogens with two attached hydrogens (primary N) is 1. The largest absolute Gasteiger partial charge is 0.348 e. The van der Waals surface area contributed by atoms with Gasteiger partial charge >= 0.3 is 0 Å². The van der Waals surface area contributed by atoms with E-state index in [1.807, 2.05) is 0 Å². The molecule has 5 nitrogen and oxygen atoms in total. The lowest BCUT2D eigenvalue weighted by atomic mass is 10.2. The molecule has 2 rings (SSSR count). The average Bonchev–Trinajstić information content (AvgIpc) is 2.44. The molecule has 0 aliphatic heterocycles. The molecular formula is C14H13ClN2O3S. The number of sulfonamides is 1. The molecule has 0 unspecified atom stereocenters. The highest BCUT2D eigenvalue weighted by Gasteiger charge is 2.09. The minimum Gasteiger partial charge on any atom is -0.348 e. The number of hydrogen-bond donors (Lipinski definition) is 2. The summed E-state index contributed by atoms with van der Waals surface area (Å²) in [5.41, 5.74) is 1.07. The fourth-order valence-corrected chi connectivity index (χ4v) is 2.52. The van der Waals surface area contributed by atoms with Gasteiger partial charge in [0.05, 0.1) is 4.90 Å². The maximum Gasteiger partial charge on any atom is 0.251 e. The molecule has 0 saturated heterocycles. The molecule has 0 aliphatic rings. The van der Waals surface area contributed by atoms with Crippen molar-refractivity contribution in [2.45, 2.75) is 11.4 Å². The van der Waals surface area contributed by atoms with Gasteiger partial charge < -0.3 is 5.32 Å². The Kier molecular flexibility index (Phi) is 4.62. The second kappa shape index (κ2) is 6.26. The Bertz CT molecular complexity index is 775. The number of rotatable bonds is 4. The third kappa shape index (κ3) is 4.29. The zero-order valence-corrected chi connectivity index (χ0v) is 12.5. The van der Waals surface area contributed by atoms with Gasteiger partial charge in [0.1, 0.15) is 0 Å². The van der Waals surface area contributed by atoms with Crippen LogP contribution in [0.15, 0.2) is 53.4 Å². The van der Waals surface area contributed by atoms with Crippen LogP contribution in [0.3, 0.4) is 0 Å². The molecule has 0 radical (unpaired) electrons. The molecule has 0 bridgehead atoms. The number of halogens is 1. The van der Waals surface area contributed by atoms with Crippen molar-refractivity contribution < 1.29 is 13.2 Å². The van der Waals surface area contributed by atoms with Crippen molar-refractivity contribution in [1.82, 2.24) is 5.32 Å². The van der Waals surface area contributed by atoms with Gasteiger partial charge in [-0.2, -0.15) is 0 Å². The summed E-state index contributed by atoms with van der Waals surface area (Å²) in [5.74, 6) is -0.293. The zero-order chi connectivity index (χ0) is 15.5. The van der Waals surface area contributed by atoms with Crippen LogP contribution in [-0.4, -0.2) is 14.3 Å². The smallest absolute Gasteiger partial charge is 0.251 e. The van der Waals surface area contributed by atoms with Gasteiger partial charge in [0.2, 0.25) is 10.0 Å². The van der Waals surface area contributed by atoms with Gasteiger partial charge in [0.25, 0.3) is 5.91 Å². The molecule has 0 saturated carbocycles. The van der Waals surface area contributed by atoms with Gasteiger partial charge in [-0.1, -0.05) is 29.8 Å². The molecule has 0 heterocycles. The number of carbonyl (C=O) groups excluding carboxylic acids is 1. The molecule has 0 fully saturated rings. The van der Waals surface area contributed by atoms with E-state index in [1.54, 1.807) is 36.4 Å². The first-order valence-electron chi connectivity index (χ1n) is 6.02. The van der Waals surface area contributed by atoms with Crippen molar-refractivity contribution in [2.75, 3.05) is 0 Å². The van der Waals surface area contributed by atoms with Gasteiger partial charge in [-0.15, -0.1) is 0 Å². The van der Waals surface area contributed by atoms with Crippen molar-refractivity contribution in [3.63, 3.8) is 0 Å². The molecule has 0 spiro atoms. The van der Waals surface area contributed by atoms with E-state index in [9.17, 15) is 13.2 Å². The van der Waals surface area contributed by atoms with Gasteiger partial charge in [-0.3, -0.25) is 4.79 Å². The standard InChI is InChI=1S/C14H13ClN2O3S/c15-12-5-2-4-11(8-12)14(18)17-9-10-3-1-6-13(7-10)21(16,19)20/h1-8H,9H2,(H,17,18)(H2,16,19,20). The lowest BCUT2D eigenvalue weighted by molar-refractivity contribution is 0.0951. The van der Waals surface area contributed by atoms with Crippen molar-refractivity contribution in [2.24, 2.45) is 5.14 Å². The molecule has 21 heavy (non-hydrogen) atoms. The summed E-state index contributed by atoms with van der Waals surface area (Å²) >= 11 is 5.82. The Balaban J connectivity index is 2.08. The highest BCUT2D eigenvalue weighted by atomic mass is 35.5. The third-order valence-corrected chi connectivity index (χ3v) is 3.91. The molecule has 0 aliphatic carbocycles. The second-order valence-corrected chi connectivity index (χ2v) is 6.38. The summed E-state index contributed by atoms with van der Waals surface area (Å²) in [6.07, 6.45) is 0. The van der Waals surface area contributed by atoms with E-state index in [0.29, 0.717) is 16.1 Å². The summed E-state index contributed by atoms with van der Waals surface area (Å²) in [6, 6.07) is 12.6. The minimum absolute atomic E-state index is 0.0111. The van der Waals surface area contributed by atoms with Crippen LogP contribution < -0.4 is 10.5 Å². The highest BCUT2D eigenvalue weighted by molar-refractivity contribution is 7.89. The van der Waals surface area contributed by atoms with E-state index < -0.39 is 10.0 Å². The maximum absolute atomic E-state index is 11.9. The zero-order valence-electron chi connectivity index (χ0n) is 10.9. The Labute approximate surface area is 127 Å². The van der Waals surface area contributed by atoms with Crippen LogP contribution in [0.1, 0.15) is 15.9 Å². The minimum atomic E-state index is -3.75. The van der Waals surface area contributed by atoms with E-state index in [-0.39, 0.29) is 17.3 Å². The number of hydrogen-bond acceptors (Lipinski definition) is 3. The van der Waals surface area contributed by atoms with E-state index >= 15 is 0 Å². The molecule has 0 aromatic heterocycles. The fraction of sp³-hybridized carbons (Fsp3) is 0.0714. The Morgan fingerprint density at radius 1 is 1.14 bits per heavy atom. The molecule has 110 valence electrons. The SMILES string of the molecule is NS(=O)(=O)c1cccc(CNC(=O)c2cccc(Cl)c2)c1. The van der Waals surface area contributed by atoms with E-state index in [0.717, 1.165) is 0 Å². The number of primary sulfonamides is 1.